The first kappa shape index (κ1) is 19.7. The molecule has 0 aliphatic rings. The summed E-state index contributed by atoms with van der Waals surface area (Å²) in [6, 6.07) is 8.39. The van der Waals surface area contributed by atoms with Crippen LogP contribution in [0.1, 0.15) is 0 Å². The number of hydrogen-bond donors (Lipinski definition) is 1. The van der Waals surface area contributed by atoms with Crippen molar-refractivity contribution < 1.29 is 40.6 Å². The molecule has 10 heteroatoms. The number of nitrogens with two attached hydrogens (primary N) is 1. The van der Waals surface area contributed by atoms with Crippen molar-refractivity contribution in [1.29, 1.82) is 0 Å². The van der Waals surface area contributed by atoms with Crippen LogP contribution in [0.15, 0.2) is 42.5 Å². The highest BCUT2D eigenvalue weighted by Gasteiger charge is 2.34. The Hall–Kier alpha value is -2.62. The Kier molecular flexibility index (Phi) is 5.86. The van der Waals surface area contributed by atoms with E-state index in [1.165, 1.54) is 24.3 Å². The Bertz CT molecular complexity index is 745. The fourth-order valence-electron chi connectivity index (χ4n) is 2.09. The fraction of sp³-hybridized carbons (Fsp3) is 0.250. The summed E-state index contributed by atoms with van der Waals surface area (Å²) >= 11 is 0. The minimum Gasteiger partial charge on any atom is -0.488 e. The number of halogens is 6. The summed E-state index contributed by atoms with van der Waals surface area (Å²) < 4.78 is 88.2. The van der Waals surface area contributed by atoms with Crippen LogP contribution in [0.2, 0.25) is 0 Å². The average Bonchev–Trinajstić information content (AvgIpc) is 2.51. The number of benzene rings is 2. The normalized spacial score (nSPS) is 12.0. The summed E-state index contributed by atoms with van der Waals surface area (Å²) in [6.07, 6.45) is -9.97. The van der Waals surface area contributed by atoms with Crippen LogP contribution >= 0.6 is 0 Å². The summed E-state index contributed by atoms with van der Waals surface area (Å²) in [4.78, 5) is 0. The van der Waals surface area contributed by atoms with Gasteiger partial charge in [-0.05, 0) is 23.8 Å². The molecule has 0 spiro atoms. The lowest BCUT2D eigenvalue weighted by molar-refractivity contribution is -0.275. The Morgan fingerprint density at radius 3 is 2.00 bits per heavy atom. The van der Waals surface area contributed by atoms with E-state index < -0.39 is 24.2 Å². The maximum atomic E-state index is 12.6. The molecule has 2 N–H and O–H groups in total. The molecule has 142 valence electrons. The number of hydrogen-bond acceptors (Lipinski definition) is 4. The quantitative estimate of drug-likeness (QED) is 0.750. The summed E-state index contributed by atoms with van der Waals surface area (Å²) in [6.45, 7) is -0.0171. The van der Waals surface area contributed by atoms with E-state index in [4.69, 9.17) is 10.5 Å². The van der Waals surface area contributed by atoms with Crippen molar-refractivity contribution >= 4 is 0 Å². The second-order valence-electron chi connectivity index (χ2n) is 4.89. The van der Waals surface area contributed by atoms with Gasteiger partial charge in [0.25, 0.3) is 0 Å². The summed E-state index contributed by atoms with van der Waals surface area (Å²) in [7, 11) is 0. The summed E-state index contributed by atoms with van der Waals surface area (Å²) in [5.74, 6) is -1.51. The molecule has 2 rings (SSSR count). The van der Waals surface area contributed by atoms with E-state index in [1.807, 2.05) is 0 Å². The lowest BCUT2D eigenvalue weighted by Gasteiger charge is -2.17. The molecule has 26 heavy (non-hydrogen) atoms. The van der Waals surface area contributed by atoms with Crippen LogP contribution < -0.4 is 19.9 Å². The Balaban J connectivity index is 2.46. The molecule has 0 saturated carbocycles. The number of para-hydroxylation sites is 1. The van der Waals surface area contributed by atoms with Gasteiger partial charge in [-0.1, -0.05) is 24.3 Å². The first-order chi connectivity index (χ1) is 12.1. The van der Waals surface area contributed by atoms with Crippen LogP contribution in [0.3, 0.4) is 0 Å². The molecule has 0 aliphatic carbocycles. The predicted octanol–water partition coefficient (Wildman–Crippen LogP) is 4.49. The predicted molar refractivity (Wildman–Crippen MR) is 79.8 cm³/mol. The van der Waals surface area contributed by atoms with Gasteiger partial charge < -0.3 is 19.9 Å². The second kappa shape index (κ2) is 7.73. The molecule has 0 bridgehead atoms. The van der Waals surface area contributed by atoms with Crippen LogP contribution in [-0.2, 0) is 0 Å². The van der Waals surface area contributed by atoms with Gasteiger partial charge >= 0.3 is 12.7 Å². The van der Waals surface area contributed by atoms with E-state index in [2.05, 4.69) is 9.47 Å². The summed E-state index contributed by atoms with van der Waals surface area (Å²) in [5, 5.41) is 0. The van der Waals surface area contributed by atoms with E-state index >= 15 is 0 Å². The van der Waals surface area contributed by atoms with Gasteiger partial charge in [-0.15, -0.1) is 26.3 Å². The first-order valence-corrected chi connectivity index (χ1v) is 7.17. The second-order valence-corrected chi connectivity index (χ2v) is 4.89. The number of ether oxygens (including phenoxy) is 3. The van der Waals surface area contributed by atoms with Crippen LogP contribution in [0.5, 0.6) is 17.2 Å². The van der Waals surface area contributed by atoms with Crippen LogP contribution in [0.25, 0.3) is 11.1 Å². The monoisotopic (exact) mass is 381 g/mol. The molecule has 0 atom stereocenters. The molecule has 0 amide bonds. The van der Waals surface area contributed by atoms with Crippen molar-refractivity contribution in [2.45, 2.75) is 12.7 Å². The number of alkyl halides is 6. The van der Waals surface area contributed by atoms with Crippen molar-refractivity contribution in [3.05, 3.63) is 42.5 Å². The van der Waals surface area contributed by atoms with Crippen LogP contribution in [0, 0.1) is 0 Å². The molecule has 0 heterocycles. The fourth-order valence-corrected chi connectivity index (χ4v) is 2.09. The standard InChI is InChI=1S/C16H13F6NO3/c17-15(18,19)25-12-4-2-1-3-11(12)10-5-6-13(24-8-7-23)14(9-10)26-16(20,21)22/h1-6,9H,7-8,23H2. The van der Waals surface area contributed by atoms with Gasteiger partial charge in [0.2, 0.25) is 0 Å². The molecular weight excluding hydrogens is 368 g/mol. The van der Waals surface area contributed by atoms with Crippen molar-refractivity contribution in [3.63, 3.8) is 0 Å². The van der Waals surface area contributed by atoms with Gasteiger partial charge in [0, 0.05) is 12.1 Å². The van der Waals surface area contributed by atoms with Gasteiger partial charge in [0.15, 0.2) is 11.5 Å². The van der Waals surface area contributed by atoms with Crippen molar-refractivity contribution in [1.82, 2.24) is 0 Å². The van der Waals surface area contributed by atoms with E-state index in [9.17, 15) is 26.3 Å². The largest absolute Gasteiger partial charge is 0.573 e. The van der Waals surface area contributed by atoms with Crippen molar-refractivity contribution in [2.24, 2.45) is 5.73 Å². The third kappa shape index (κ3) is 5.73. The highest BCUT2D eigenvalue weighted by Crippen LogP contribution is 2.39. The van der Waals surface area contributed by atoms with E-state index in [1.54, 1.807) is 0 Å². The number of rotatable bonds is 6. The molecule has 0 radical (unpaired) electrons. The Labute approximate surface area is 144 Å². The van der Waals surface area contributed by atoms with E-state index in [0.29, 0.717) is 0 Å². The highest BCUT2D eigenvalue weighted by atomic mass is 19.4. The smallest absolute Gasteiger partial charge is 0.488 e. The van der Waals surface area contributed by atoms with Gasteiger partial charge in [-0.25, -0.2) is 0 Å². The highest BCUT2D eigenvalue weighted by molar-refractivity contribution is 5.72. The van der Waals surface area contributed by atoms with E-state index in [-0.39, 0.29) is 30.0 Å². The molecule has 0 unspecified atom stereocenters. The molecule has 0 aliphatic heterocycles. The van der Waals surface area contributed by atoms with Crippen molar-refractivity contribution in [3.8, 4) is 28.4 Å². The van der Waals surface area contributed by atoms with Gasteiger partial charge in [-0.3, -0.25) is 0 Å². The zero-order valence-electron chi connectivity index (χ0n) is 13.0. The SMILES string of the molecule is NCCOc1ccc(-c2ccccc2OC(F)(F)F)cc1OC(F)(F)F. The molecule has 2 aromatic rings. The third-order valence-corrected chi connectivity index (χ3v) is 2.97. The van der Waals surface area contributed by atoms with Crippen LogP contribution in [0.4, 0.5) is 26.3 Å². The van der Waals surface area contributed by atoms with Gasteiger partial charge in [0.05, 0.1) is 0 Å². The molecule has 2 aromatic carbocycles. The zero-order valence-corrected chi connectivity index (χ0v) is 13.0. The molecule has 0 aromatic heterocycles. The minimum atomic E-state index is -5.01. The molecular formula is C16H13F6NO3. The maximum Gasteiger partial charge on any atom is 0.573 e. The van der Waals surface area contributed by atoms with Gasteiger partial charge in [-0.2, -0.15) is 0 Å². The average molecular weight is 381 g/mol. The zero-order chi connectivity index (χ0) is 19.4. The first-order valence-electron chi connectivity index (χ1n) is 7.17. The topological polar surface area (TPSA) is 53.7 Å². The lowest BCUT2D eigenvalue weighted by Crippen LogP contribution is -2.19. The molecule has 0 saturated heterocycles. The van der Waals surface area contributed by atoms with Crippen LogP contribution in [-0.4, -0.2) is 25.9 Å². The minimum absolute atomic E-state index is 0.0178. The Morgan fingerprint density at radius 1 is 0.769 bits per heavy atom. The van der Waals surface area contributed by atoms with Gasteiger partial charge in [0.1, 0.15) is 12.4 Å². The third-order valence-electron chi connectivity index (χ3n) is 2.97. The summed E-state index contributed by atoms with van der Waals surface area (Å²) in [5.41, 5.74) is 5.19. The van der Waals surface area contributed by atoms with Crippen molar-refractivity contribution in [2.75, 3.05) is 13.2 Å². The Morgan fingerprint density at radius 2 is 1.38 bits per heavy atom. The maximum absolute atomic E-state index is 12.6. The lowest BCUT2D eigenvalue weighted by atomic mass is 10.0. The van der Waals surface area contributed by atoms with E-state index in [0.717, 1.165) is 18.2 Å². The molecule has 4 nitrogen and oxygen atoms in total. The molecule has 0 fully saturated rings.